The average Bonchev–Trinajstić information content (AvgIpc) is 3.85. The zero-order valence-corrected chi connectivity index (χ0v) is 30.9. The molecule has 56 heavy (non-hydrogen) atoms. The fourth-order valence-electron chi connectivity index (χ4n) is 7.96. The summed E-state index contributed by atoms with van der Waals surface area (Å²) in [6.45, 7) is 0. The van der Waals surface area contributed by atoms with E-state index in [-0.39, 0.29) is 0 Å². The van der Waals surface area contributed by atoms with E-state index in [1.165, 1.54) is 36.9 Å². The molecule has 3 aromatic heterocycles. The van der Waals surface area contributed by atoms with Crippen LogP contribution in [0.3, 0.4) is 0 Å². The highest BCUT2D eigenvalue weighted by atomic mass is 32.1. The van der Waals surface area contributed by atoms with E-state index in [1.54, 1.807) is 0 Å². The van der Waals surface area contributed by atoms with Crippen molar-refractivity contribution in [3.05, 3.63) is 188 Å². The van der Waals surface area contributed by atoms with Crippen LogP contribution in [0.2, 0.25) is 0 Å². The van der Waals surface area contributed by atoms with Gasteiger partial charge in [0.2, 0.25) is 0 Å². The molecule has 0 saturated carbocycles. The van der Waals surface area contributed by atoms with E-state index in [4.69, 9.17) is 19.4 Å². The second-order valence-electron chi connectivity index (χ2n) is 13.9. The van der Waals surface area contributed by atoms with Crippen molar-refractivity contribution >= 4 is 53.4 Å². The van der Waals surface area contributed by atoms with E-state index in [0.717, 1.165) is 55.3 Å². The van der Waals surface area contributed by atoms with Crippen LogP contribution in [0.5, 0.6) is 0 Å². The van der Waals surface area contributed by atoms with Crippen LogP contribution in [0.1, 0.15) is 0 Å². The Morgan fingerprint density at radius 3 is 1.68 bits per heavy atom. The van der Waals surface area contributed by atoms with Gasteiger partial charge in [0.15, 0.2) is 17.5 Å². The fourth-order valence-corrected chi connectivity index (χ4v) is 9.07. The lowest BCUT2D eigenvalue weighted by atomic mass is 9.89. The molecular weight excluding hydrogens is 703 g/mol. The summed E-state index contributed by atoms with van der Waals surface area (Å²) >= 11 is 1.85. The van der Waals surface area contributed by atoms with Gasteiger partial charge in [-0.15, -0.1) is 11.3 Å². The van der Waals surface area contributed by atoms with Crippen LogP contribution in [0.15, 0.2) is 192 Å². The lowest BCUT2D eigenvalue weighted by Gasteiger charge is -2.13. The number of nitrogens with zero attached hydrogens (tertiary/aromatic N) is 3. The van der Waals surface area contributed by atoms with E-state index in [9.17, 15) is 0 Å². The van der Waals surface area contributed by atoms with Crippen LogP contribution in [-0.2, 0) is 0 Å². The predicted molar refractivity (Wildman–Crippen MR) is 233 cm³/mol. The first-order chi connectivity index (χ1) is 27.7. The second-order valence-corrected chi connectivity index (χ2v) is 15.0. The number of rotatable bonds is 6. The lowest BCUT2D eigenvalue weighted by Crippen LogP contribution is -2.00. The number of furan rings is 1. The Kier molecular flexibility index (Phi) is 7.64. The second kappa shape index (κ2) is 13.3. The third-order valence-corrected chi connectivity index (χ3v) is 11.7. The van der Waals surface area contributed by atoms with Crippen molar-refractivity contribution in [1.29, 1.82) is 0 Å². The molecule has 0 fully saturated rings. The van der Waals surface area contributed by atoms with Gasteiger partial charge < -0.3 is 4.42 Å². The maximum Gasteiger partial charge on any atom is 0.164 e. The third kappa shape index (κ3) is 5.48. The molecule has 0 atom stereocenters. The molecule has 0 aliphatic carbocycles. The molecule has 0 aliphatic rings. The molecule has 0 radical (unpaired) electrons. The van der Waals surface area contributed by atoms with Gasteiger partial charge in [-0.1, -0.05) is 152 Å². The Hall–Kier alpha value is -7.21. The summed E-state index contributed by atoms with van der Waals surface area (Å²) in [7, 11) is 0. The molecule has 0 aliphatic heterocycles. The number of fused-ring (bicyclic) bond motifs is 6. The minimum atomic E-state index is 0.621. The summed E-state index contributed by atoms with van der Waals surface area (Å²) < 4.78 is 9.14. The maximum absolute atomic E-state index is 6.58. The Morgan fingerprint density at radius 1 is 0.339 bits per heavy atom. The van der Waals surface area contributed by atoms with E-state index >= 15 is 0 Å². The van der Waals surface area contributed by atoms with E-state index in [0.29, 0.717) is 17.5 Å². The highest BCUT2D eigenvalue weighted by Crippen LogP contribution is 2.47. The molecule has 0 spiro atoms. The van der Waals surface area contributed by atoms with Gasteiger partial charge in [0.1, 0.15) is 11.2 Å². The quantitative estimate of drug-likeness (QED) is 0.171. The molecule has 8 aromatic carbocycles. The first-order valence-electron chi connectivity index (χ1n) is 18.7. The molecule has 0 unspecified atom stereocenters. The van der Waals surface area contributed by atoms with Crippen molar-refractivity contribution in [3.8, 4) is 67.5 Å². The number of hydrogen-bond donors (Lipinski definition) is 0. The molecule has 0 N–H and O–H groups in total. The minimum Gasteiger partial charge on any atom is -0.456 e. The first-order valence-corrected chi connectivity index (χ1v) is 19.5. The molecule has 11 aromatic rings. The highest BCUT2D eigenvalue weighted by molar-refractivity contribution is 7.26. The van der Waals surface area contributed by atoms with E-state index < -0.39 is 0 Å². The molecule has 0 amide bonds. The van der Waals surface area contributed by atoms with Crippen LogP contribution < -0.4 is 0 Å². The van der Waals surface area contributed by atoms with Gasteiger partial charge in [0.05, 0.1) is 0 Å². The molecule has 5 heteroatoms. The van der Waals surface area contributed by atoms with Crippen molar-refractivity contribution < 1.29 is 4.42 Å². The molecule has 4 nitrogen and oxygen atoms in total. The topological polar surface area (TPSA) is 51.8 Å². The van der Waals surface area contributed by atoms with Crippen LogP contribution in [-0.4, -0.2) is 15.0 Å². The SMILES string of the molecule is c1ccc(-c2nc(-c3ccccc3)nc(-c3cccc(-c4cccc5oc6ccc(-c7c(-c8ccccc8)ccc8sc9ccccc9c78)cc6c45)c3)n2)cc1. The number of thiophene rings is 1. The van der Waals surface area contributed by atoms with Gasteiger partial charge in [-0.25, -0.2) is 15.0 Å². The minimum absolute atomic E-state index is 0.621. The molecule has 0 bridgehead atoms. The smallest absolute Gasteiger partial charge is 0.164 e. The molecule has 262 valence electrons. The largest absolute Gasteiger partial charge is 0.456 e. The van der Waals surface area contributed by atoms with E-state index in [1.807, 2.05) is 72.0 Å². The molecular formula is C51H31N3OS. The highest BCUT2D eigenvalue weighted by Gasteiger charge is 2.20. The fraction of sp³-hybridized carbons (Fsp3) is 0. The molecule has 0 saturated heterocycles. The number of hydrogen-bond acceptors (Lipinski definition) is 5. The standard InChI is InChI=1S/C51H31N3OS/c1-4-14-32(15-5-1)39-27-29-45-48(40-22-10-11-25-44(40)56-45)46(39)36-26-28-42-41(31-36)47-38(23-13-24-43(47)55-42)35-20-12-21-37(30-35)51-53-49(33-16-6-2-7-17-33)52-50(54-51)34-18-8-3-9-19-34/h1-31H. The Morgan fingerprint density at radius 2 is 0.946 bits per heavy atom. The maximum atomic E-state index is 6.58. The Bertz CT molecular complexity index is 3180. The van der Waals surface area contributed by atoms with Gasteiger partial charge in [-0.3, -0.25) is 0 Å². The van der Waals surface area contributed by atoms with Gasteiger partial charge in [0, 0.05) is 47.6 Å². The lowest BCUT2D eigenvalue weighted by molar-refractivity contribution is 0.669. The number of benzene rings is 8. The van der Waals surface area contributed by atoms with Crippen molar-refractivity contribution in [2.75, 3.05) is 0 Å². The van der Waals surface area contributed by atoms with Gasteiger partial charge in [0.25, 0.3) is 0 Å². The average molecular weight is 734 g/mol. The van der Waals surface area contributed by atoms with Crippen molar-refractivity contribution in [3.63, 3.8) is 0 Å². The summed E-state index contributed by atoms with van der Waals surface area (Å²) in [6.07, 6.45) is 0. The summed E-state index contributed by atoms with van der Waals surface area (Å²) in [6, 6.07) is 65.7. The van der Waals surface area contributed by atoms with Crippen molar-refractivity contribution in [2.45, 2.75) is 0 Å². The predicted octanol–water partition coefficient (Wildman–Crippen LogP) is 14.1. The van der Waals surface area contributed by atoms with Crippen LogP contribution in [0.4, 0.5) is 0 Å². The Labute approximate surface area is 327 Å². The third-order valence-electron chi connectivity index (χ3n) is 10.5. The summed E-state index contributed by atoms with van der Waals surface area (Å²) in [5.41, 5.74) is 11.4. The zero-order valence-electron chi connectivity index (χ0n) is 30.1. The van der Waals surface area contributed by atoms with E-state index in [2.05, 4.69) is 127 Å². The summed E-state index contributed by atoms with van der Waals surface area (Å²) in [5.74, 6) is 1.90. The molecule has 11 rings (SSSR count). The summed E-state index contributed by atoms with van der Waals surface area (Å²) in [4.78, 5) is 14.9. The Balaban J connectivity index is 1.10. The van der Waals surface area contributed by atoms with Gasteiger partial charge >= 0.3 is 0 Å². The van der Waals surface area contributed by atoms with Crippen molar-refractivity contribution in [2.24, 2.45) is 0 Å². The summed E-state index contributed by atoms with van der Waals surface area (Å²) in [5, 5.41) is 4.72. The zero-order chi connectivity index (χ0) is 37.0. The van der Waals surface area contributed by atoms with Crippen LogP contribution in [0.25, 0.3) is 110 Å². The van der Waals surface area contributed by atoms with Gasteiger partial charge in [-0.2, -0.15) is 0 Å². The monoisotopic (exact) mass is 733 g/mol. The normalized spacial score (nSPS) is 11.6. The van der Waals surface area contributed by atoms with Crippen LogP contribution >= 0.6 is 11.3 Å². The van der Waals surface area contributed by atoms with Crippen LogP contribution in [0, 0.1) is 0 Å². The number of aromatic nitrogens is 3. The molecule has 3 heterocycles. The first kappa shape index (κ1) is 32.2. The van der Waals surface area contributed by atoms with Gasteiger partial charge in [-0.05, 0) is 69.8 Å². The van der Waals surface area contributed by atoms with Crippen molar-refractivity contribution in [1.82, 2.24) is 15.0 Å².